The molecule has 0 N–H and O–H groups in total. The van der Waals surface area contributed by atoms with Crippen LogP contribution in [0.3, 0.4) is 0 Å². The molecule has 0 unspecified atom stereocenters. The number of nitrogens with zero attached hydrogens (tertiary/aromatic N) is 3. The average molecular weight is 604 g/mol. The molecule has 0 radical (unpaired) electrons. The molecule has 3 heterocycles. The second-order valence-electron chi connectivity index (χ2n) is 11.8. The van der Waals surface area contributed by atoms with Crippen molar-refractivity contribution in [3.05, 3.63) is 152 Å². The lowest BCUT2D eigenvalue weighted by molar-refractivity contribution is 1.08. The second kappa shape index (κ2) is 9.90. The molecule has 0 fully saturated rings. The van der Waals surface area contributed by atoms with Gasteiger partial charge in [0.25, 0.3) is 0 Å². The van der Waals surface area contributed by atoms with Crippen LogP contribution in [-0.2, 0) is 0 Å². The van der Waals surface area contributed by atoms with Crippen LogP contribution < -0.4 is 0 Å². The zero-order valence-electron chi connectivity index (χ0n) is 24.7. The normalized spacial score (nSPS) is 12.3. The second-order valence-corrected chi connectivity index (χ2v) is 12.9. The Morgan fingerprint density at radius 1 is 0.435 bits per heavy atom. The lowest BCUT2D eigenvalue weighted by Crippen LogP contribution is -2.04. The molecule has 3 nitrogen and oxygen atoms in total. The van der Waals surface area contributed by atoms with Crippen molar-refractivity contribution < 1.29 is 0 Å². The van der Waals surface area contributed by atoms with E-state index < -0.39 is 0 Å². The van der Waals surface area contributed by atoms with Crippen LogP contribution in [0.15, 0.2) is 161 Å². The highest BCUT2D eigenvalue weighted by molar-refractivity contribution is 8.00. The van der Waals surface area contributed by atoms with Gasteiger partial charge in [-0.05, 0) is 64.0 Å². The molecule has 0 bridgehead atoms. The first kappa shape index (κ1) is 25.6. The molecule has 7 aromatic carbocycles. The number of rotatable bonds is 4. The van der Waals surface area contributed by atoms with Gasteiger partial charge in [-0.1, -0.05) is 127 Å². The number of para-hydroxylation sites is 2. The highest BCUT2D eigenvalue weighted by atomic mass is 32.2. The van der Waals surface area contributed by atoms with Gasteiger partial charge in [0.15, 0.2) is 5.82 Å². The minimum atomic E-state index is 0.839. The summed E-state index contributed by atoms with van der Waals surface area (Å²) in [5, 5.41) is 5.16. The van der Waals surface area contributed by atoms with Crippen LogP contribution in [0.1, 0.15) is 0 Å². The Labute approximate surface area is 269 Å². The summed E-state index contributed by atoms with van der Waals surface area (Å²) < 4.78 is 2.36. The highest BCUT2D eigenvalue weighted by Gasteiger charge is 2.27. The van der Waals surface area contributed by atoms with Crippen LogP contribution >= 0.6 is 11.8 Å². The fourth-order valence-electron chi connectivity index (χ4n) is 7.11. The van der Waals surface area contributed by atoms with Gasteiger partial charge >= 0.3 is 0 Å². The van der Waals surface area contributed by atoms with Crippen molar-refractivity contribution in [3.63, 3.8) is 0 Å². The fourth-order valence-corrected chi connectivity index (χ4v) is 8.26. The molecule has 1 aliphatic rings. The maximum atomic E-state index is 5.40. The van der Waals surface area contributed by atoms with E-state index in [2.05, 4.69) is 144 Å². The molecule has 0 aliphatic carbocycles. The number of fused-ring (bicyclic) bond motifs is 1. The van der Waals surface area contributed by atoms with E-state index in [-0.39, 0.29) is 0 Å². The minimum Gasteiger partial charge on any atom is -0.292 e. The van der Waals surface area contributed by atoms with Gasteiger partial charge in [-0.2, -0.15) is 0 Å². The fraction of sp³-hybridized carbons (Fsp3) is 0. The molecule has 0 atom stereocenters. The van der Waals surface area contributed by atoms with E-state index in [1.165, 1.54) is 53.6 Å². The Balaban J connectivity index is 1.33. The summed E-state index contributed by atoms with van der Waals surface area (Å²) in [6.07, 6.45) is 0. The quantitative estimate of drug-likeness (QED) is 0.200. The van der Waals surface area contributed by atoms with Gasteiger partial charge in [-0.15, -0.1) is 0 Å². The maximum absolute atomic E-state index is 5.40. The zero-order valence-corrected chi connectivity index (χ0v) is 25.5. The van der Waals surface area contributed by atoms with Crippen molar-refractivity contribution >= 4 is 55.4 Å². The van der Waals surface area contributed by atoms with Gasteiger partial charge in [0, 0.05) is 31.5 Å². The van der Waals surface area contributed by atoms with E-state index in [1.54, 1.807) is 0 Å². The van der Waals surface area contributed by atoms with Gasteiger partial charge in [0.05, 0.1) is 22.1 Å². The van der Waals surface area contributed by atoms with Gasteiger partial charge in [0.2, 0.25) is 0 Å². The standard InChI is InChI=1S/C42H25N3S/c1-3-11-26(12-4-1)27-21-23-29(24-22-27)41-42(44-33-17-8-7-16-32(33)43-41)45-34-18-10-20-37-39(34)40-35(45)25-31(28-13-5-2-6-14-28)30-15-9-19-36(46-37)38(30)40/h1-25H. The van der Waals surface area contributed by atoms with Crippen LogP contribution in [0.25, 0.3) is 82.9 Å². The van der Waals surface area contributed by atoms with Crippen molar-refractivity contribution in [2.45, 2.75) is 9.79 Å². The van der Waals surface area contributed by atoms with Crippen LogP contribution in [-0.4, -0.2) is 14.5 Å². The maximum Gasteiger partial charge on any atom is 0.165 e. The van der Waals surface area contributed by atoms with Crippen molar-refractivity contribution in [1.29, 1.82) is 0 Å². The summed E-state index contributed by atoms with van der Waals surface area (Å²) in [5.41, 5.74) is 10.8. The lowest BCUT2D eigenvalue weighted by atomic mass is 9.94. The molecule has 214 valence electrons. The zero-order chi connectivity index (χ0) is 30.2. The lowest BCUT2D eigenvalue weighted by Gasteiger charge is -2.17. The predicted octanol–water partition coefficient (Wildman–Crippen LogP) is 11.3. The average Bonchev–Trinajstić information content (AvgIpc) is 3.47. The summed E-state index contributed by atoms with van der Waals surface area (Å²) >= 11 is 1.86. The third kappa shape index (κ3) is 3.74. The Hall–Kier alpha value is -5.71. The van der Waals surface area contributed by atoms with Crippen molar-refractivity contribution in [2.75, 3.05) is 0 Å². The van der Waals surface area contributed by atoms with E-state index in [0.29, 0.717) is 0 Å². The summed E-state index contributed by atoms with van der Waals surface area (Å²) in [4.78, 5) is 13.3. The molecule has 0 spiro atoms. The largest absolute Gasteiger partial charge is 0.292 e. The summed E-state index contributed by atoms with van der Waals surface area (Å²) in [6, 6.07) is 53.9. The van der Waals surface area contributed by atoms with Crippen LogP contribution in [0.5, 0.6) is 0 Å². The first-order chi connectivity index (χ1) is 22.8. The van der Waals surface area contributed by atoms with Crippen LogP contribution in [0, 0.1) is 0 Å². The molecule has 46 heavy (non-hydrogen) atoms. The highest BCUT2D eigenvalue weighted by Crippen LogP contribution is 2.52. The number of hydrogen-bond acceptors (Lipinski definition) is 3. The molecule has 10 rings (SSSR count). The number of benzene rings is 7. The molecule has 0 saturated heterocycles. The van der Waals surface area contributed by atoms with E-state index >= 15 is 0 Å². The Bertz CT molecular complexity index is 2640. The topological polar surface area (TPSA) is 30.7 Å². The third-order valence-electron chi connectivity index (χ3n) is 9.17. The molecule has 0 saturated carbocycles. The molecular weight excluding hydrogens is 579 g/mol. The third-order valence-corrected chi connectivity index (χ3v) is 10.3. The van der Waals surface area contributed by atoms with Crippen molar-refractivity contribution in [2.24, 2.45) is 0 Å². The minimum absolute atomic E-state index is 0.839. The first-order valence-electron chi connectivity index (χ1n) is 15.5. The van der Waals surface area contributed by atoms with E-state index in [0.717, 1.165) is 39.1 Å². The van der Waals surface area contributed by atoms with Gasteiger partial charge in [-0.3, -0.25) is 4.57 Å². The van der Waals surface area contributed by atoms with Gasteiger partial charge < -0.3 is 0 Å². The molecule has 4 heteroatoms. The molecule has 1 aliphatic heterocycles. The molecule has 9 aromatic rings. The van der Waals surface area contributed by atoms with Gasteiger partial charge in [0.1, 0.15) is 5.69 Å². The van der Waals surface area contributed by atoms with Gasteiger partial charge in [-0.25, -0.2) is 9.97 Å². The molecular formula is C42H25N3S. The van der Waals surface area contributed by atoms with Crippen LogP contribution in [0.4, 0.5) is 0 Å². The summed E-state index contributed by atoms with van der Waals surface area (Å²) in [5.74, 6) is 0.839. The molecule has 2 aromatic heterocycles. The van der Waals surface area contributed by atoms with E-state index in [4.69, 9.17) is 9.97 Å². The smallest absolute Gasteiger partial charge is 0.165 e. The Morgan fingerprint density at radius 3 is 1.80 bits per heavy atom. The number of aromatic nitrogens is 3. The molecule has 0 amide bonds. The SMILES string of the molecule is c1ccc(-c2ccc(-c3nc4ccccc4nc3-n3c4cccc5c4c4c6c(cccc6c(-c6ccccc6)cc43)S5)cc2)cc1. The summed E-state index contributed by atoms with van der Waals surface area (Å²) in [7, 11) is 0. The van der Waals surface area contributed by atoms with Crippen molar-refractivity contribution in [3.8, 4) is 39.3 Å². The van der Waals surface area contributed by atoms with Crippen LogP contribution in [0.2, 0.25) is 0 Å². The predicted molar refractivity (Wildman–Crippen MR) is 192 cm³/mol. The first-order valence-corrected chi connectivity index (χ1v) is 16.3. The van der Waals surface area contributed by atoms with E-state index in [9.17, 15) is 0 Å². The van der Waals surface area contributed by atoms with E-state index in [1.807, 2.05) is 23.9 Å². The Morgan fingerprint density at radius 2 is 1.04 bits per heavy atom. The Kier molecular flexibility index (Phi) is 5.51. The number of hydrogen-bond donors (Lipinski definition) is 0. The summed E-state index contributed by atoms with van der Waals surface area (Å²) in [6.45, 7) is 0. The monoisotopic (exact) mass is 603 g/mol. The van der Waals surface area contributed by atoms with Crippen molar-refractivity contribution in [1.82, 2.24) is 14.5 Å².